The fraction of sp³-hybridized carbons (Fsp3) is 0.316. The molecule has 1 atom stereocenters. The summed E-state index contributed by atoms with van der Waals surface area (Å²) in [5.74, 6) is 0.250. The van der Waals surface area contributed by atoms with Gasteiger partial charge in [-0.15, -0.1) is 0 Å². The predicted molar refractivity (Wildman–Crippen MR) is 107 cm³/mol. The molecule has 4 heterocycles. The van der Waals surface area contributed by atoms with E-state index in [2.05, 4.69) is 15.3 Å². The second-order valence-corrected chi connectivity index (χ2v) is 8.79. The first-order valence-electron chi connectivity index (χ1n) is 10.2. The van der Waals surface area contributed by atoms with Gasteiger partial charge in [0.15, 0.2) is 26.4 Å². The molecule has 10 heteroatoms. The number of amides is 1. The zero-order chi connectivity index (χ0) is 23.4. The third-order valence-corrected chi connectivity index (χ3v) is 5.30. The summed E-state index contributed by atoms with van der Waals surface area (Å²) in [6, 6.07) is 2.79. The van der Waals surface area contributed by atoms with Gasteiger partial charge in [-0.3, -0.25) is 4.79 Å². The number of fused-ring (bicyclic) bond motifs is 2. The maximum Gasteiger partial charge on any atom is 0.222 e. The Hall–Kier alpha value is -3.14. The fourth-order valence-electron chi connectivity index (χ4n) is 3.10. The van der Waals surface area contributed by atoms with Gasteiger partial charge in [0.1, 0.15) is 24.2 Å². The number of rotatable bonds is 3. The van der Waals surface area contributed by atoms with Crippen LogP contribution in [-0.2, 0) is 21.6 Å². The number of carbonyl (C=O) groups excluding carboxylic acids is 1. The summed E-state index contributed by atoms with van der Waals surface area (Å²) < 4.78 is 60.8. The van der Waals surface area contributed by atoms with Crippen molar-refractivity contribution < 1.29 is 26.8 Å². The van der Waals surface area contributed by atoms with Crippen LogP contribution in [0.1, 0.15) is 18.0 Å². The van der Waals surface area contributed by atoms with Crippen LogP contribution >= 0.6 is 0 Å². The number of hydrogen-bond acceptors (Lipinski definition) is 7. The first-order valence-corrected chi connectivity index (χ1v) is 10.6. The summed E-state index contributed by atoms with van der Waals surface area (Å²) in [5.41, 5.74) is 0.660. The Balaban J connectivity index is 2.06. The topological polar surface area (TPSA) is 112 Å². The average Bonchev–Trinajstić information content (AvgIpc) is 3.04. The highest BCUT2D eigenvalue weighted by molar-refractivity contribution is 7.90. The van der Waals surface area contributed by atoms with Gasteiger partial charge in [-0.2, -0.15) is 0 Å². The summed E-state index contributed by atoms with van der Waals surface area (Å²) in [6.07, 6.45) is 3.36. The molecule has 0 bridgehead atoms. The second-order valence-electron chi connectivity index (χ2n) is 6.83. The second kappa shape index (κ2) is 6.73. The molecule has 0 spiro atoms. The highest BCUT2D eigenvalue weighted by Gasteiger charge is 2.28. The number of anilines is 1. The molecule has 9 nitrogen and oxygen atoms in total. The van der Waals surface area contributed by atoms with Crippen molar-refractivity contribution >= 4 is 32.5 Å². The van der Waals surface area contributed by atoms with E-state index < -0.39 is 16.8 Å². The molecule has 3 aromatic rings. The van der Waals surface area contributed by atoms with Gasteiger partial charge in [-0.05, 0) is 13.0 Å². The van der Waals surface area contributed by atoms with Crippen LogP contribution in [0, 0.1) is 0 Å². The van der Waals surface area contributed by atoms with Crippen LogP contribution in [0.3, 0.4) is 0 Å². The van der Waals surface area contributed by atoms with Crippen molar-refractivity contribution in [3.63, 3.8) is 0 Å². The predicted octanol–water partition coefficient (Wildman–Crippen LogP) is 2.16. The number of pyridine rings is 2. The Bertz CT molecular complexity index is 1350. The van der Waals surface area contributed by atoms with Gasteiger partial charge in [-0.25, -0.2) is 18.4 Å². The largest absolute Gasteiger partial charge is 0.484 e. The number of nitrogens with one attached hydrogen (secondary N) is 1. The minimum atomic E-state index is -3.72. The van der Waals surface area contributed by atoms with Crippen molar-refractivity contribution in [2.45, 2.75) is 25.0 Å². The molecule has 4 rings (SSSR count). The SMILES string of the molecule is [2H]C([2H])([2H])n1cc(-c2nc(S(C)(=O)=O)cc3c2OC[C@@H](C)O3)c2cc(NC(C)=O)ncc21. The van der Waals surface area contributed by atoms with Gasteiger partial charge in [0, 0.05) is 47.5 Å². The van der Waals surface area contributed by atoms with Gasteiger partial charge >= 0.3 is 0 Å². The third kappa shape index (κ3) is 3.51. The van der Waals surface area contributed by atoms with E-state index in [0.717, 1.165) is 10.8 Å². The molecule has 1 aliphatic rings. The summed E-state index contributed by atoms with van der Waals surface area (Å²) in [5, 5.41) is 2.71. The molecule has 29 heavy (non-hydrogen) atoms. The molecule has 0 saturated heterocycles. The van der Waals surface area contributed by atoms with E-state index in [0.29, 0.717) is 10.9 Å². The summed E-state index contributed by atoms with van der Waals surface area (Å²) in [6.45, 7) is 0.750. The molecule has 0 radical (unpaired) electrons. The minimum Gasteiger partial charge on any atom is -0.484 e. The molecule has 0 fully saturated rings. The Morgan fingerprint density at radius 1 is 1.41 bits per heavy atom. The highest BCUT2D eigenvalue weighted by atomic mass is 32.2. The number of carbonyl (C=O) groups is 1. The lowest BCUT2D eigenvalue weighted by molar-refractivity contribution is -0.114. The molecular weight excluding hydrogens is 396 g/mol. The number of ether oxygens (including phenoxy) is 2. The molecule has 1 aliphatic heterocycles. The van der Waals surface area contributed by atoms with Gasteiger partial charge in [0.2, 0.25) is 5.91 Å². The van der Waals surface area contributed by atoms with E-state index in [-0.39, 0.29) is 52.2 Å². The molecule has 0 aromatic carbocycles. The van der Waals surface area contributed by atoms with Crippen molar-refractivity contribution in [3.05, 3.63) is 24.5 Å². The lowest BCUT2D eigenvalue weighted by atomic mass is 10.1. The van der Waals surface area contributed by atoms with E-state index in [1.807, 2.05) is 0 Å². The molecule has 0 aliphatic carbocycles. The number of sulfone groups is 1. The smallest absolute Gasteiger partial charge is 0.222 e. The third-order valence-electron chi connectivity index (χ3n) is 4.34. The van der Waals surface area contributed by atoms with Gasteiger partial charge < -0.3 is 19.4 Å². The maximum absolute atomic E-state index is 12.3. The van der Waals surface area contributed by atoms with Gasteiger partial charge in [0.25, 0.3) is 0 Å². The summed E-state index contributed by atoms with van der Waals surface area (Å²) in [4.78, 5) is 19.9. The zero-order valence-electron chi connectivity index (χ0n) is 18.9. The molecule has 1 N–H and O–H groups in total. The van der Waals surface area contributed by atoms with Crippen molar-refractivity contribution in [1.29, 1.82) is 0 Å². The van der Waals surface area contributed by atoms with E-state index >= 15 is 0 Å². The average molecular weight is 419 g/mol. The molecule has 152 valence electrons. The Kier molecular flexibility index (Phi) is 3.65. The molecule has 0 unspecified atom stereocenters. The normalized spacial score (nSPS) is 18.0. The number of aromatic nitrogens is 3. The number of nitrogens with zero attached hydrogens (tertiary/aromatic N) is 3. The fourth-order valence-corrected chi connectivity index (χ4v) is 3.68. The van der Waals surface area contributed by atoms with Crippen LogP contribution in [0.25, 0.3) is 22.2 Å². The van der Waals surface area contributed by atoms with Crippen molar-refractivity contribution in [2.24, 2.45) is 6.98 Å². The van der Waals surface area contributed by atoms with Crippen molar-refractivity contribution in [2.75, 3.05) is 18.2 Å². The minimum absolute atomic E-state index is 0.114. The first-order chi connectivity index (χ1) is 14.8. The van der Waals surface area contributed by atoms with E-state index in [4.69, 9.17) is 13.6 Å². The number of hydrogen-bond donors (Lipinski definition) is 1. The van der Waals surface area contributed by atoms with Crippen LogP contribution < -0.4 is 14.8 Å². The van der Waals surface area contributed by atoms with Crippen LogP contribution in [0.4, 0.5) is 5.82 Å². The van der Waals surface area contributed by atoms with Gasteiger partial charge in [0.05, 0.1) is 11.7 Å². The Morgan fingerprint density at radius 2 is 2.21 bits per heavy atom. The van der Waals surface area contributed by atoms with E-state index in [9.17, 15) is 13.2 Å². The Labute approximate surface area is 171 Å². The van der Waals surface area contributed by atoms with Crippen LogP contribution in [0.5, 0.6) is 11.5 Å². The monoisotopic (exact) mass is 419 g/mol. The van der Waals surface area contributed by atoms with Crippen molar-refractivity contribution in [1.82, 2.24) is 14.5 Å². The van der Waals surface area contributed by atoms with Crippen LogP contribution in [0.15, 0.2) is 29.6 Å². The molecule has 0 saturated carbocycles. The van der Waals surface area contributed by atoms with Crippen molar-refractivity contribution in [3.8, 4) is 22.8 Å². The molecule has 1 amide bonds. The summed E-state index contributed by atoms with van der Waals surface area (Å²) in [7, 11) is -3.72. The Morgan fingerprint density at radius 3 is 2.90 bits per heavy atom. The number of aryl methyl sites for hydroxylation is 1. The lowest BCUT2D eigenvalue weighted by Crippen LogP contribution is -2.26. The van der Waals surface area contributed by atoms with Gasteiger partial charge in [-0.1, -0.05) is 0 Å². The highest BCUT2D eigenvalue weighted by Crippen LogP contribution is 2.43. The van der Waals surface area contributed by atoms with Crippen LogP contribution in [-0.4, -0.2) is 47.8 Å². The molecule has 3 aromatic heterocycles. The van der Waals surface area contributed by atoms with Crippen LogP contribution in [0.2, 0.25) is 0 Å². The standard InChI is InChI=1S/C19H20N4O5S/c1-10-9-27-19-15(28-10)6-17(29(4,25)26)22-18(19)13-8-23(3)14-7-20-16(5-12(13)14)21-11(2)24/h5-8,10H,9H2,1-4H3,(H,20,21,24)/t10-/m1/s1/i3D3. The maximum atomic E-state index is 12.3. The van der Waals surface area contributed by atoms with E-state index in [1.54, 1.807) is 6.92 Å². The first kappa shape index (κ1) is 15.7. The summed E-state index contributed by atoms with van der Waals surface area (Å²) >= 11 is 0. The van der Waals surface area contributed by atoms with E-state index in [1.165, 1.54) is 31.5 Å². The lowest BCUT2D eigenvalue weighted by Gasteiger charge is -2.25. The zero-order valence-corrected chi connectivity index (χ0v) is 16.7. The molecular formula is C19H20N4O5S. The quantitative estimate of drug-likeness (QED) is 0.692.